The van der Waals surface area contributed by atoms with Crippen LogP contribution in [-0.4, -0.2) is 41.9 Å². The highest BCUT2D eigenvalue weighted by Gasteiger charge is 2.32. The Kier molecular flexibility index (Phi) is 6.97. The van der Waals surface area contributed by atoms with Crippen LogP contribution < -0.4 is 0 Å². The first-order valence-corrected chi connectivity index (χ1v) is 11.5. The highest BCUT2D eigenvalue weighted by molar-refractivity contribution is 6.35. The Hall–Kier alpha value is -1.62. The van der Waals surface area contributed by atoms with E-state index in [2.05, 4.69) is 4.90 Å². The van der Waals surface area contributed by atoms with Crippen molar-refractivity contribution in [2.45, 2.75) is 38.1 Å². The van der Waals surface area contributed by atoms with Crippen LogP contribution in [0.5, 0.6) is 0 Å². The summed E-state index contributed by atoms with van der Waals surface area (Å²) in [5.41, 5.74) is 1.92. The zero-order valence-electron chi connectivity index (χ0n) is 17.0. The highest BCUT2D eigenvalue weighted by atomic mass is 35.5. The Morgan fingerprint density at radius 1 is 0.933 bits per heavy atom. The van der Waals surface area contributed by atoms with Gasteiger partial charge < -0.3 is 4.90 Å². The number of carbonyl (C=O) groups is 1. The molecule has 1 heterocycles. The number of rotatable bonds is 4. The van der Waals surface area contributed by atoms with Crippen molar-refractivity contribution in [3.05, 3.63) is 69.5 Å². The van der Waals surface area contributed by atoms with Crippen LogP contribution >= 0.6 is 23.2 Å². The van der Waals surface area contributed by atoms with E-state index >= 15 is 0 Å². The van der Waals surface area contributed by atoms with E-state index < -0.39 is 0 Å². The molecule has 1 amide bonds. The van der Waals surface area contributed by atoms with E-state index in [4.69, 9.17) is 23.2 Å². The number of hydrogen-bond acceptors (Lipinski definition) is 2. The summed E-state index contributed by atoms with van der Waals surface area (Å²) < 4.78 is 13.5. The summed E-state index contributed by atoms with van der Waals surface area (Å²) in [5, 5.41) is 1.18. The normalized spacial score (nSPS) is 19.6. The predicted molar refractivity (Wildman–Crippen MR) is 119 cm³/mol. The van der Waals surface area contributed by atoms with Crippen LogP contribution in [-0.2, 0) is 4.79 Å². The summed E-state index contributed by atoms with van der Waals surface area (Å²) in [4.78, 5) is 17.3. The quantitative estimate of drug-likeness (QED) is 0.576. The summed E-state index contributed by atoms with van der Waals surface area (Å²) in [6.07, 6.45) is 5.63. The first-order valence-electron chi connectivity index (χ1n) is 10.8. The molecule has 2 aliphatic rings. The third-order valence-corrected chi connectivity index (χ3v) is 6.95. The second-order valence-corrected chi connectivity index (χ2v) is 9.16. The lowest BCUT2D eigenvalue weighted by Gasteiger charge is -2.41. The molecule has 0 aromatic heterocycles. The number of hydrogen-bond donors (Lipinski definition) is 0. The number of halogens is 3. The van der Waals surface area contributed by atoms with Gasteiger partial charge in [-0.15, -0.1) is 0 Å². The maximum Gasteiger partial charge on any atom is 0.225 e. The van der Waals surface area contributed by atoms with Crippen molar-refractivity contribution in [3.63, 3.8) is 0 Å². The van der Waals surface area contributed by atoms with Crippen molar-refractivity contribution < 1.29 is 9.18 Å². The Morgan fingerprint density at radius 3 is 2.23 bits per heavy atom. The second kappa shape index (κ2) is 9.67. The molecule has 0 bridgehead atoms. The molecule has 1 atom stereocenters. The minimum absolute atomic E-state index is 0.109. The van der Waals surface area contributed by atoms with Crippen LogP contribution in [0.2, 0.25) is 10.0 Å². The van der Waals surface area contributed by atoms with E-state index in [0.717, 1.165) is 49.9 Å². The number of piperazine rings is 1. The summed E-state index contributed by atoms with van der Waals surface area (Å²) in [7, 11) is 0. The Balaban J connectivity index is 1.53. The molecule has 160 valence electrons. The Bertz CT molecular complexity index is 875. The molecule has 1 saturated heterocycles. The minimum atomic E-state index is -0.261. The van der Waals surface area contributed by atoms with Crippen LogP contribution in [0.3, 0.4) is 0 Å². The molecule has 0 radical (unpaired) electrons. The number of amides is 1. The van der Waals surface area contributed by atoms with Crippen molar-refractivity contribution in [1.82, 2.24) is 9.80 Å². The van der Waals surface area contributed by atoms with Gasteiger partial charge in [0.05, 0.1) is 6.04 Å². The maximum atomic E-state index is 13.5. The zero-order chi connectivity index (χ0) is 21.1. The lowest BCUT2D eigenvalue weighted by molar-refractivity contribution is -0.138. The first kappa shape index (κ1) is 21.6. The molecule has 2 aromatic rings. The van der Waals surface area contributed by atoms with Crippen LogP contribution in [0, 0.1) is 11.7 Å². The minimum Gasteiger partial charge on any atom is -0.340 e. The van der Waals surface area contributed by atoms with Gasteiger partial charge in [0, 0.05) is 42.1 Å². The average Bonchev–Trinajstić information content (AvgIpc) is 2.77. The number of carbonyl (C=O) groups excluding carboxylic acids is 1. The molecular formula is C24H27Cl2FN2O. The number of benzene rings is 2. The van der Waals surface area contributed by atoms with Crippen molar-refractivity contribution >= 4 is 29.1 Å². The van der Waals surface area contributed by atoms with E-state index in [1.54, 1.807) is 6.07 Å². The monoisotopic (exact) mass is 448 g/mol. The molecule has 1 unspecified atom stereocenters. The van der Waals surface area contributed by atoms with Crippen LogP contribution in [0.25, 0.3) is 0 Å². The predicted octanol–water partition coefficient (Wildman–Crippen LogP) is 5.95. The van der Waals surface area contributed by atoms with Gasteiger partial charge in [-0.25, -0.2) is 4.39 Å². The third-order valence-electron chi connectivity index (χ3n) is 6.39. The van der Waals surface area contributed by atoms with Crippen molar-refractivity contribution in [2.24, 2.45) is 5.92 Å². The topological polar surface area (TPSA) is 23.6 Å². The van der Waals surface area contributed by atoms with Gasteiger partial charge in [0.25, 0.3) is 0 Å². The molecule has 1 saturated carbocycles. The van der Waals surface area contributed by atoms with E-state index in [0.29, 0.717) is 29.0 Å². The molecule has 2 aromatic carbocycles. The first-order chi connectivity index (χ1) is 14.5. The van der Waals surface area contributed by atoms with Crippen molar-refractivity contribution in [1.29, 1.82) is 0 Å². The van der Waals surface area contributed by atoms with Crippen LogP contribution in [0.1, 0.15) is 49.3 Å². The summed E-state index contributed by atoms with van der Waals surface area (Å²) in [5.74, 6) is 0.253. The van der Waals surface area contributed by atoms with Gasteiger partial charge in [-0.1, -0.05) is 60.7 Å². The van der Waals surface area contributed by atoms with Crippen molar-refractivity contribution in [2.75, 3.05) is 26.2 Å². The van der Waals surface area contributed by atoms with Gasteiger partial charge in [-0.2, -0.15) is 0 Å². The Morgan fingerprint density at radius 2 is 1.60 bits per heavy atom. The fraction of sp³-hybridized carbons (Fsp3) is 0.458. The van der Waals surface area contributed by atoms with Gasteiger partial charge >= 0.3 is 0 Å². The van der Waals surface area contributed by atoms with Gasteiger partial charge in [-0.05, 0) is 48.2 Å². The fourth-order valence-electron chi connectivity index (χ4n) is 4.76. The smallest absolute Gasteiger partial charge is 0.225 e. The fourth-order valence-corrected chi connectivity index (χ4v) is 5.28. The lowest BCUT2D eigenvalue weighted by Crippen LogP contribution is -2.51. The summed E-state index contributed by atoms with van der Waals surface area (Å²) in [6, 6.07) is 12.0. The molecule has 0 spiro atoms. The van der Waals surface area contributed by atoms with E-state index in [9.17, 15) is 9.18 Å². The second-order valence-electron chi connectivity index (χ2n) is 8.32. The van der Waals surface area contributed by atoms with Gasteiger partial charge in [0.1, 0.15) is 5.82 Å². The van der Waals surface area contributed by atoms with Gasteiger partial charge in [0.15, 0.2) is 0 Å². The third kappa shape index (κ3) is 4.82. The summed E-state index contributed by atoms with van der Waals surface area (Å²) in [6.45, 7) is 2.91. The van der Waals surface area contributed by atoms with Crippen LogP contribution in [0.4, 0.5) is 4.39 Å². The Labute approximate surface area is 187 Å². The van der Waals surface area contributed by atoms with Gasteiger partial charge in [-0.3, -0.25) is 9.69 Å². The average molecular weight is 449 g/mol. The van der Waals surface area contributed by atoms with Gasteiger partial charge in [0.2, 0.25) is 5.91 Å². The van der Waals surface area contributed by atoms with Crippen LogP contribution in [0.15, 0.2) is 42.5 Å². The lowest BCUT2D eigenvalue weighted by atomic mass is 9.88. The molecule has 3 nitrogen and oxygen atoms in total. The van der Waals surface area contributed by atoms with Crippen molar-refractivity contribution in [3.8, 4) is 0 Å². The molecule has 1 aliphatic heterocycles. The molecule has 0 N–H and O–H groups in total. The van der Waals surface area contributed by atoms with E-state index in [1.165, 1.54) is 18.6 Å². The summed E-state index contributed by atoms with van der Waals surface area (Å²) >= 11 is 12.7. The molecular weight excluding hydrogens is 422 g/mol. The molecule has 6 heteroatoms. The standard InChI is InChI=1S/C24H27Cl2FN2O/c25-19-8-11-21(22(26)16-19)23(17-6-9-20(27)10-7-17)28-12-14-29(15-13-28)24(30)18-4-2-1-3-5-18/h6-11,16,18,23H,1-5,12-15H2. The molecule has 2 fully saturated rings. The van der Waals surface area contributed by atoms with E-state index in [-0.39, 0.29) is 17.8 Å². The largest absolute Gasteiger partial charge is 0.340 e. The highest BCUT2D eigenvalue weighted by Crippen LogP contribution is 2.36. The number of nitrogens with zero attached hydrogens (tertiary/aromatic N) is 2. The SMILES string of the molecule is O=C(C1CCCCC1)N1CCN(C(c2ccc(F)cc2)c2ccc(Cl)cc2Cl)CC1. The molecule has 4 rings (SSSR count). The zero-order valence-corrected chi connectivity index (χ0v) is 18.5. The van der Waals surface area contributed by atoms with E-state index in [1.807, 2.05) is 29.2 Å². The molecule has 30 heavy (non-hydrogen) atoms. The maximum absolute atomic E-state index is 13.5. The molecule has 1 aliphatic carbocycles.